The lowest BCUT2D eigenvalue weighted by Gasteiger charge is -2.18. The summed E-state index contributed by atoms with van der Waals surface area (Å²) in [5, 5.41) is 8.69. The second kappa shape index (κ2) is 6.30. The van der Waals surface area contributed by atoms with E-state index in [1.807, 2.05) is 22.6 Å². The van der Waals surface area contributed by atoms with E-state index in [4.69, 9.17) is 10.8 Å². The number of carboxylic acid groups (broad SMARTS) is 1. The Morgan fingerprint density at radius 1 is 1.21 bits per heavy atom. The minimum absolute atomic E-state index is 0.0876. The summed E-state index contributed by atoms with van der Waals surface area (Å²) in [6, 6.07) is 5.81. The van der Waals surface area contributed by atoms with Crippen LogP contribution in [0.2, 0.25) is 0 Å². The molecule has 3 N–H and O–H groups in total. The van der Waals surface area contributed by atoms with Crippen molar-refractivity contribution in [2.45, 2.75) is 4.90 Å². The summed E-state index contributed by atoms with van der Waals surface area (Å²) in [7, 11) is -4.06. The highest BCUT2D eigenvalue weighted by atomic mass is 127. The summed E-state index contributed by atoms with van der Waals surface area (Å²) in [6.45, 7) is -1.50. The summed E-state index contributed by atoms with van der Waals surface area (Å²) in [5.41, 5.74) is 4.93. The van der Waals surface area contributed by atoms with Gasteiger partial charge >= 0.3 is 5.97 Å². The van der Waals surface area contributed by atoms with E-state index in [9.17, 15) is 18.0 Å². The SMILES string of the molecule is NC(=O)CN(CC(=O)O)S(=O)(=O)c1ccc(I)cc1. The smallest absolute Gasteiger partial charge is 0.318 e. The fraction of sp³-hybridized carbons (Fsp3) is 0.200. The Bertz CT molecular complexity index is 568. The standard InChI is InChI=1S/C10H11IN2O5S/c11-7-1-3-8(4-2-7)19(17,18)13(5-9(12)14)6-10(15)16/h1-4H,5-6H2,(H2,12,14)(H,15,16). The quantitative estimate of drug-likeness (QED) is 0.647. The minimum atomic E-state index is -4.06. The first-order chi connectivity index (χ1) is 8.73. The van der Waals surface area contributed by atoms with Gasteiger partial charge in [0, 0.05) is 3.57 Å². The molecular formula is C10H11IN2O5S. The van der Waals surface area contributed by atoms with E-state index in [1.165, 1.54) is 12.1 Å². The van der Waals surface area contributed by atoms with Gasteiger partial charge in [-0.3, -0.25) is 9.59 Å². The molecule has 0 saturated heterocycles. The molecule has 1 aromatic rings. The first-order valence-electron chi connectivity index (χ1n) is 4.99. The van der Waals surface area contributed by atoms with Gasteiger partial charge in [0.2, 0.25) is 15.9 Å². The molecular weight excluding hydrogens is 387 g/mol. The van der Waals surface area contributed by atoms with Crippen LogP contribution in [0, 0.1) is 3.57 Å². The highest BCUT2D eigenvalue weighted by molar-refractivity contribution is 14.1. The van der Waals surface area contributed by atoms with E-state index >= 15 is 0 Å². The van der Waals surface area contributed by atoms with Crippen LogP contribution in [0.3, 0.4) is 0 Å². The third-order valence-electron chi connectivity index (χ3n) is 2.10. The fourth-order valence-corrected chi connectivity index (χ4v) is 3.02. The van der Waals surface area contributed by atoms with Crippen LogP contribution in [0.1, 0.15) is 0 Å². The molecule has 19 heavy (non-hydrogen) atoms. The first-order valence-corrected chi connectivity index (χ1v) is 7.51. The highest BCUT2D eigenvalue weighted by Gasteiger charge is 2.27. The van der Waals surface area contributed by atoms with Crippen molar-refractivity contribution in [3.63, 3.8) is 0 Å². The maximum absolute atomic E-state index is 12.2. The molecule has 0 aliphatic carbocycles. The van der Waals surface area contributed by atoms with Gasteiger partial charge in [0.05, 0.1) is 11.4 Å². The van der Waals surface area contributed by atoms with Gasteiger partial charge in [-0.05, 0) is 46.9 Å². The number of nitrogens with zero attached hydrogens (tertiary/aromatic N) is 1. The van der Waals surface area contributed by atoms with Crippen molar-refractivity contribution in [1.29, 1.82) is 0 Å². The van der Waals surface area contributed by atoms with Gasteiger partial charge in [0.15, 0.2) is 0 Å². The zero-order valence-corrected chi connectivity index (χ0v) is 12.6. The summed E-state index contributed by atoms with van der Waals surface area (Å²) in [4.78, 5) is 21.4. The van der Waals surface area contributed by atoms with Gasteiger partial charge in [-0.25, -0.2) is 8.42 Å². The first kappa shape index (κ1) is 15.9. The number of benzene rings is 1. The normalized spacial score (nSPS) is 11.5. The number of aliphatic carboxylic acids is 1. The third-order valence-corrected chi connectivity index (χ3v) is 4.62. The monoisotopic (exact) mass is 398 g/mol. The van der Waals surface area contributed by atoms with Crippen LogP contribution in [0.15, 0.2) is 29.2 Å². The third kappa shape index (κ3) is 4.44. The summed E-state index contributed by atoms with van der Waals surface area (Å²) >= 11 is 2.01. The zero-order chi connectivity index (χ0) is 14.6. The van der Waals surface area contributed by atoms with E-state index < -0.39 is 35.0 Å². The Balaban J connectivity index is 3.14. The van der Waals surface area contributed by atoms with Crippen molar-refractivity contribution in [1.82, 2.24) is 4.31 Å². The van der Waals surface area contributed by atoms with Gasteiger partial charge in [-0.2, -0.15) is 4.31 Å². The zero-order valence-electron chi connectivity index (χ0n) is 9.61. The molecule has 1 amide bonds. The van der Waals surface area contributed by atoms with E-state index in [1.54, 1.807) is 12.1 Å². The largest absolute Gasteiger partial charge is 0.480 e. The van der Waals surface area contributed by atoms with Crippen molar-refractivity contribution < 1.29 is 23.1 Å². The number of amides is 1. The number of sulfonamides is 1. The summed E-state index contributed by atoms with van der Waals surface area (Å²) < 4.78 is 25.7. The predicted molar refractivity (Wildman–Crippen MR) is 74.7 cm³/mol. The van der Waals surface area contributed by atoms with Crippen molar-refractivity contribution >= 4 is 44.5 Å². The molecule has 0 radical (unpaired) electrons. The lowest BCUT2D eigenvalue weighted by Crippen LogP contribution is -2.41. The summed E-state index contributed by atoms with van der Waals surface area (Å²) in [5.74, 6) is -2.29. The Morgan fingerprint density at radius 3 is 2.16 bits per heavy atom. The van der Waals surface area contributed by atoms with E-state index in [2.05, 4.69) is 0 Å². The van der Waals surface area contributed by atoms with Crippen LogP contribution in [0.25, 0.3) is 0 Å². The number of nitrogens with two attached hydrogens (primary N) is 1. The molecule has 0 heterocycles. The molecule has 0 aliphatic rings. The van der Waals surface area contributed by atoms with Gasteiger partial charge in [-0.1, -0.05) is 0 Å². The second-order valence-corrected chi connectivity index (χ2v) is 6.77. The number of hydrogen-bond acceptors (Lipinski definition) is 4. The maximum atomic E-state index is 12.2. The average Bonchev–Trinajstić information content (AvgIpc) is 2.27. The molecule has 7 nitrogen and oxygen atoms in total. The molecule has 0 saturated carbocycles. The minimum Gasteiger partial charge on any atom is -0.480 e. The topological polar surface area (TPSA) is 118 Å². The second-order valence-electron chi connectivity index (χ2n) is 3.59. The molecule has 0 bridgehead atoms. The number of carboxylic acids is 1. The van der Waals surface area contributed by atoms with Crippen LogP contribution in [-0.2, 0) is 19.6 Å². The number of halogens is 1. The number of carbonyl (C=O) groups excluding carboxylic acids is 1. The molecule has 0 atom stereocenters. The number of carbonyl (C=O) groups is 2. The van der Waals surface area contributed by atoms with Gasteiger partial charge in [-0.15, -0.1) is 0 Å². The molecule has 1 rings (SSSR count). The summed E-state index contributed by atoms with van der Waals surface area (Å²) in [6.07, 6.45) is 0. The van der Waals surface area contributed by atoms with Crippen LogP contribution in [-0.4, -0.2) is 42.8 Å². The molecule has 9 heteroatoms. The molecule has 104 valence electrons. The van der Waals surface area contributed by atoms with Crippen molar-refractivity contribution in [3.8, 4) is 0 Å². The highest BCUT2D eigenvalue weighted by Crippen LogP contribution is 2.16. The van der Waals surface area contributed by atoms with Crippen LogP contribution < -0.4 is 5.73 Å². The maximum Gasteiger partial charge on any atom is 0.318 e. The lowest BCUT2D eigenvalue weighted by molar-refractivity contribution is -0.137. The van der Waals surface area contributed by atoms with Crippen LogP contribution in [0.4, 0.5) is 0 Å². The fourth-order valence-electron chi connectivity index (χ4n) is 1.31. The Labute approximate surface area is 123 Å². The Morgan fingerprint density at radius 2 is 1.74 bits per heavy atom. The van der Waals surface area contributed by atoms with Crippen LogP contribution in [0.5, 0.6) is 0 Å². The molecule has 1 aromatic carbocycles. The van der Waals surface area contributed by atoms with Crippen LogP contribution >= 0.6 is 22.6 Å². The number of hydrogen-bond donors (Lipinski definition) is 2. The predicted octanol–water partition coefficient (Wildman–Crippen LogP) is -0.148. The molecule has 0 fully saturated rings. The Kier molecular flexibility index (Phi) is 5.26. The van der Waals surface area contributed by atoms with E-state index in [0.717, 1.165) is 3.57 Å². The van der Waals surface area contributed by atoms with Gasteiger partial charge < -0.3 is 10.8 Å². The molecule has 0 aromatic heterocycles. The van der Waals surface area contributed by atoms with Gasteiger partial charge in [0.1, 0.15) is 6.54 Å². The van der Waals surface area contributed by atoms with E-state index in [-0.39, 0.29) is 4.90 Å². The number of rotatable bonds is 6. The lowest BCUT2D eigenvalue weighted by atomic mass is 10.4. The average molecular weight is 398 g/mol. The molecule has 0 aliphatic heterocycles. The van der Waals surface area contributed by atoms with Crippen molar-refractivity contribution in [3.05, 3.63) is 27.8 Å². The van der Waals surface area contributed by atoms with Crippen molar-refractivity contribution in [2.75, 3.05) is 13.1 Å². The van der Waals surface area contributed by atoms with Gasteiger partial charge in [0.25, 0.3) is 0 Å². The van der Waals surface area contributed by atoms with E-state index in [0.29, 0.717) is 4.31 Å². The Hall–Kier alpha value is -1.20. The van der Waals surface area contributed by atoms with Crippen molar-refractivity contribution in [2.24, 2.45) is 5.73 Å². The number of primary amides is 1. The molecule has 0 spiro atoms. The molecule has 0 unspecified atom stereocenters.